The van der Waals surface area contributed by atoms with Crippen LogP contribution < -0.4 is 0 Å². The molecule has 39 heavy (non-hydrogen) atoms. The number of aromatic nitrogens is 1. The molecule has 2 nitrogen and oxygen atoms in total. The minimum atomic E-state index is 0.962. The van der Waals surface area contributed by atoms with Gasteiger partial charge in [0.2, 0.25) is 0 Å². The first-order chi connectivity index (χ1) is 19.3. The van der Waals surface area contributed by atoms with Crippen LogP contribution in [0.1, 0.15) is 82.6 Å². The normalized spacial score (nSPS) is 9.10. The summed E-state index contributed by atoms with van der Waals surface area (Å²) in [6, 6.07) is 33.4. The summed E-state index contributed by atoms with van der Waals surface area (Å²) >= 11 is 0. The highest BCUT2D eigenvalue weighted by Crippen LogP contribution is 2.29. The van der Waals surface area contributed by atoms with Gasteiger partial charge in [-0.2, -0.15) is 0 Å². The van der Waals surface area contributed by atoms with Crippen LogP contribution in [0.25, 0.3) is 43.7 Å². The molecule has 0 aliphatic heterocycles. The monoisotopic (exact) mass is 527 g/mol. The van der Waals surface area contributed by atoms with Crippen LogP contribution >= 0.6 is 0 Å². The molecule has 2 aromatic heterocycles. The Morgan fingerprint density at radius 3 is 1.05 bits per heavy atom. The third kappa shape index (κ3) is 9.32. The number of rotatable bonds is 1. The summed E-state index contributed by atoms with van der Waals surface area (Å²) in [4.78, 5) is 0. The molecule has 0 amide bonds. The van der Waals surface area contributed by atoms with E-state index < -0.39 is 0 Å². The molecule has 0 aliphatic rings. The summed E-state index contributed by atoms with van der Waals surface area (Å²) in [5.41, 5.74) is 4.59. The van der Waals surface area contributed by atoms with Gasteiger partial charge in [0.25, 0.3) is 0 Å². The molecule has 0 aliphatic carbocycles. The van der Waals surface area contributed by atoms with Gasteiger partial charge < -0.3 is 8.98 Å². The van der Waals surface area contributed by atoms with Crippen LogP contribution in [-0.4, -0.2) is 4.57 Å². The Hall–Kier alpha value is -3.52. The van der Waals surface area contributed by atoms with E-state index in [9.17, 15) is 0 Å². The third-order valence-corrected chi connectivity index (χ3v) is 5.28. The molecule has 0 fully saturated rings. The van der Waals surface area contributed by atoms with E-state index in [0.717, 1.165) is 17.7 Å². The number of hydrogen-bond donors (Lipinski definition) is 0. The van der Waals surface area contributed by atoms with Crippen molar-refractivity contribution in [3.05, 3.63) is 97.1 Å². The van der Waals surface area contributed by atoms with Crippen molar-refractivity contribution >= 4 is 43.7 Å². The number of aryl methyl sites for hydroxylation is 1. The van der Waals surface area contributed by atoms with Gasteiger partial charge in [-0.05, 0) is 31.2 Å². The van der Waals surface area contributed by atoms with E-state index in [1.54, 1.807) is 0 Å². The van der Waals surface area contributed by atoms with E-state index in [2.05, 4.69) is 86.0 Å². The molecule has 0 saturated carbocycles. The van der Waals surface area contributed by atoms with Crippen molar-refractivity contribution in [2.24, 2.45) is 0 Å². The zero-order valence-electron chi connectivity index (χ0n) is 26.5. The van der Waals surface area contributed by atoms with Gasteiger partial charge in [0, 0.05) is 39.1 Å². The molecule has 2 heteroatoms. The van der Waals surface area contributed by atoms with Gasteiger partial charge in [-0.1, -0.05) is 148 Å². The summed E-state index contributed by atoms with van der Waals surface area (Å²) in [5, 5.41) is 5.10. The number of benzene rings is 4. The van der Waals surface area contributed by atoms with Crippen molar-refractivity contribution in [2.45, 2.75) is 89.1 Å². The van der Waals surface area contributed by atoms with Gasteiger partial charge in [0.15, 0.2) is 0 Å². The van der Waals surface area contributed by atoms with E-state index in [-0.39, 0.29) is 0 Å². The second-order valence-electron chi connectivity index (χ2n) is 7.58. The van der Waals surface area contributed by atoms with Crippen molar-refractivity contribution in [3.63, 3.8) is 0 Å². The fourth-order valence-corrected chi connectivity index (χ4v) is 4.02. The molecule has 6 rings (SSSR count). The Morgan fingerprint density at radius 1 is 0.436 bits per heavy atom. The number of furan rings is 1. The lowest BCUT2D eigenvalue weighted by Crippen LogP contribution is -1.91. The summed E-state index contributed by atoms with van der Waals surface area (Å²) in [6.07, 6.45) is 1.25. The standard InChI is InChI=1S/C14H13N.C12H8O.C3H8.4C2H6/c1-2-15-13-9-5-3-7-11(13)12-8-4-6-10-14(12)15;1-3-7-11-9(5-1)10-6-2-4-8-12(10)13-11;1-3-2;4*1-2/h3-10H,2H2,1H3;1-8H;3H2,1-2H3;4*1-2H3. The van der Waals surface area contributed by atoms with E-state index in [4.69, 9.17) is 4.42 Å². The zero-order chi connectivity index (χ0) is 29.6. The lowest BCUT2D eigenvalue weighted by Gasteiger charge is -2.01. The van der Waals surface area contributed by atoms with Crippen molar-refractivity contribution in [1.29, 1.82) is 0 Å². The Labute approximate surface area is 238 Å². The average Bonchev–Trinajstić information content (AvgIpc) is 3.57. The van der Waals surface area contributed by atoms with E-state index in [0.29, 0.717) is 0 Å². The van der Waals surface area contributed by atoms with Crippen LogP contribution in [0.5, 0.6) is 0 Å². The predicted octanol–water partition coefficient (Wildman–Crippen LogP) is 12.9. The van der Waals surface area contributed by atoms with E-state index in [1.807, 2.05) is 91.8 Å². The fraction of sp³-hybridized carbons (Fsp3) is 0.351. The topological polar surface area (TPSA) is 18.1 Å². The van der Waals surface area contributed by atoms with Crippen LogP contribution in [0.2, 0.25) is 0 Å². The number of nitrogens with zero attached hydrogens (tertiary/aromatic N) is 1. The molecule has 4 aromatic carbocycles. The van der Waals surface area contributed by atoms with Crippen molar-refractivity contribution in [2.75, 3.05) is 0 Å². The molecule has 0 N–H and O–H groups in total. The largest absolute Gasteiger partial charge is 0.456 e. The summed E-state index contributed by atoms with van der Waals surface area (Å²) < 4.78 is 8.02. The molecule has 6 aromatic rings. The smallest absolute Gasteiger partial charge is 0.135 e. The SMILES string of the molecule is CC.CC.CC.CC.CCC.CCn1c2ccccc2c2ccccc21.c1ccc2c(c1)oc1ccccc12. The number of fused-ring (bicyclic) bond motifs is 6. The molecule has 2 heterocycles. The summed E-state index contributed by atoms with van der Waals surface area (Å²) in [6.45, 7) is 23.5. The van der Waals surface area contributed by atoms with E-state index >= 15 is 0 Å². The maximum Gasteiger partial charge on any atom is 0.135 e. The van der Waals surface area contributed by atoms with Gasteiger partial charge in [-0.25, -0.2) is 0 Å². The highest BCUT2D eigenvalue weighted by atomic mass is 16.3. The Bertz CT molecular complexity index is 1320. The summed E-state index contributed by atoms with van der Waals surface area (Å²) in [7, 11) is 0. The summed E-state index contributed by atoms with van der Waals surface area (Å²) in [5.74, 6) is 0. The molecular weight excluding hydrogens is 474 g/mol. The molecular formula is C37H53NO. The predicted molar refractivity (Wildman–Crippen MR) is 180 cm³/mol. The fourth-order valence-electron chi connectivity index (χ4n) is 4.02. The highest BCUT2D eigenvalue weighted by Gasteiger charge is 2.07. The number of para-hydroxylation sites is 4. The maximum atomic E-state index is 5.65. The molecule has 0 spiro atoms. The van der Waals surface area contributed by atoms with Gasteiger partial charge in [-0.3, -0.25) is 0 Å². The van der Waals surface area contributed by atoms with Crippen LogP contribution in [0.15, 0.2) is 101 Å². The Balaban J connectivity index is 0.000000551. The lowest BCUT2D eigenvalue weighted by atomic mass is 10.2. The molecule has 0 atom stereocenters. The minimum Gasteiger partial charge on any atom is -0.456 e. The van der Waals surface area contributed by atoms with Crippen LogP contribution in [-0.2, 0) is 6.54 Å². The van der Waals surface area contributed by atoms with Gasteiger partial charge in [0.05, 0.1) is 0 Å². The molecule has 0 saturated heterocycles. The average molecular weight is 528 g/mol. The van der Waals surface area contributed by atoms with Crippen molar-refractivity contribution in [1.82, 2.24) is 4.57 Å². The van der Waals surface area contributed by atoms with Crippen LogP contribution in [0, 0.1) is 0 Å². The van der Waals surface area contributed by atoms with E-state index in [1.165, 1.54) is 39.0 Å². The first kappa shape index (κ1) is 35.5. The van der Waals surface area contributed by atoms with Crippen LogP contribution in [0.3, 0.4) is 0 Å². The second kappa shape index (κ2) is 21.4. The maximum absolute atomic E-state index is 5.65. The molecule has 0 bridgehead atoms. The number of hydrogen-bond acceptors (Lipinski definition) is 1. The van der Waals surface area contributed by atoms with Crippen LogP contribution in [0.4, 0.5) is 0 Å². The molecule has 0 radical (unpaired) electrons. The third-order valence-electron chi connectivity index (χ3n) is 5.28. The van der Waals surface area contributed by atoms with Crippen molar-refractivity contribution < 1.29 is 4.42 Å². The van der Waals surface area contributed by atoms with Gasteiger partial charge in [0.1, 0.15) is 11.2 Å². The first-order valence-corrected chi connectivity index (χ1v) is 15.1. The zero-order valence-corrected chi connectivity index (χ0v) is 26.5. The Kier molecular flexibility index (Phi) is 19.5. The Morgan fingerprint density at radius 2 is 0.718 bits per heavy atom. The first-order valence-electron chi connectivity index (χ1n) is 15.1. The minimum absolute atomic E-state index is 0.962. The van der Waals surface area contributed by atoms with Gasteiger partial charge >= 0.3 is 0 Å². The second-order valence-corrected chi connectivity index (χ2v) is 7.58. The quantitative estimate of drug-likeness (QED) is 0.208. The molecule has 0 unspecified atom stereocenters. The van der Waals surface area contributed by atoms with Gasteiger partial charge in [-0.15, -0.1) is 0 Å². The van der Waals surface area contributed by atoms with Crippen molar-refractivity contribution in [3.8, 4) is 0 Å². The molecule has 212 valence electrons. The lowest BCUT2D eigenvalue weighted by molar-refractivity contribution is 0.669. The highest BCUT2D eigenvalue weighted by molar-refractivity contribution is 6.08.